The SMILES string of the molecule is Cc1cccc(C)c1C[C@@H](NC(=O)[C@@H](Cc1ccccc1)NC(=O)OCc1ccccc1)C(=O)O. The predicted octanol–water partition coefficient (Wildman–Crippen LogP) is 3.95. The molecule has 0 saturated heterocycles. The molecule has 0 spiro atoms. The summed E-state index contributed by atoms with van der Waals surface area (Å²) in [6.45, 7) is 3.87. The van der Waals surface area contributed by atoms with E-state index in [9.17, 15) is 19.5 Å². The van der Waals surface area contributed by atoms with Gasteiger partial charge in [-0.15, -0.1) is 0 Å². The topological polar surface area (TPSA) is 105 Å². The van der Waals surface area contributed by atoms with Crippen molar-refractivity contribution in [3.05, 3.63) is 107 Å². The quantitative estimate of drug-likeness (QED) is 0.413. The van der Waals surface area contributed by atoms with Crippen molar-refractivity contribution in [1.29, 1.82) is 0 Å². The van der Waals surface area contributed by atoms with E-state index in [1.807, 2.05) is 92.7 Å². The Hall–Kier alpha value is -4.13. The summed E-state index contributed by atoms with van der Waals surface area (Å²) in [6, 6.07) is 21.9. The van der Waals surface area contributed by atoms with E-state index in [2.05, 4.69) is 10.6 Å². The smallest absolute Gasteiger partial charge is 0.408 e. The molecule has 0 bridgehead atoms. The third-order valence-electron chi connectivity index (χ3n) is 5.77. The van der Waals surface area contributed by atoms with Gasteiger partial charge in [-0.05, 0) is 41.7 Å². The van der Waals surface area contributed by atoms with Crippen molar-refractivity contribution < 1.29 is 24.2 Å². The number of aliphatic carboxylic acids is 1. The molecule has 7 nitrogen and oxygen atoms in total. The van der Waals surface area contributed by atoms with Crippen LogP contribution in [0.1, 0.15) is 27.8 Å². The largest absolute Gasteiger partial charge is 0.480 e. The van der Waals surface area contributed by atoms with Gasteiger partial charge in [-0.2, -0.15) is 0 Å². The Bertz CT molecular complexity index is 1130. The molecule has 0 aliphatic heterocycles. The van der Waals surface area contributed by atoms with Crippen LogP contribution in [0.5, 0.6) is 0 Å². The van der Waals surface area contributed by atoms with E-state index in [0.717, 1.165) is 27.8 Å². The second kappa shape index (κ2) is 12.4. The van der Waals surface area contributed by atoms with E-state index in [1.165, 1.54) is 0 Å². The molecule has 0 aromatic heterocycles. The zero-order chi connectivity index (χ0) is 25.2. The number of carbonyl (C=O) groups excluding carboxylic acids is 2. The predicted molar refractivity (Wildman–Crippen MR) is 133 cm³/mol. The van der Waals surface area contributed by atoms with Crippen molar-refractivity contribution >= 4 is 18.0 Å². The van der Waals surface area contributed by atoms with Gasteiger partial charge in [0.05, 0.1) is 0 Å². The van der Waals surface area contributed by atoms with Crippen LogP contribution in [0.3, 0.4) is 0 Å². The van der Waals surface area contributed by atoms with Gasteiger partial charge in [-0.3, -0.25) is 4.79 Å². The summed E-state index contributed by atoms with van der Waals surface area (Å²) in [5.74, 6) is -1.74. The van der Waals surface area contributed by atoms with Gasteiger partial charge in [0, 0.05) is 12.8 Å². The first-order chi connectivity index (χ1) is 16.8. The Morgan fingerprint density at radius 1 is 0.743 bits per heavy atom. The van der Waals surface area contributed by atoms with Crippen LogP contribution < -0.4 is 10.6 Å². The lowest BCUT2D eigenvalue weighted by Gasteiger charge is -2.22. The van der Waals surface area contributed by atoms with Crippen LogP contribution >= 0.6 is 0 Å². The lowest BCUT2D eigenvalue weighted by Crippen LogP contribution is -2.53. The second-order valence-corrected chi connectivity index (χ2v) is 8.42. The van der Waals surface area contributed by atoms with Gasteiger partial charge in [-0.1, -0.05) is 78.9 Å². The Kier molecular flexibility index (Phi) is 9.01. The first kappa shape index (κ1) is 25.5. The minimum atomic E-state index is -1.15. The summed E-state index contributed by atoms with van der Waals surface area (Å²) in [7, 11) is 0. The van der Waals surface area contributed by atoms with Gasteiger partial charge in [0.1, 0.15) is 18.7 Å². The summed E-state index contributed by atoms with van der Waals surface area (Å²) in [4.78, 5) is 37.7. The summed E-state index contributed by atoms with van der Waals surface area (Å²) >= 11 is 0. The van der Waals surface area contributed by atoms with E-state index >= 15 is 0 Å². The molecule has 2 atom stereocenters. The number of hydrogen-bond acceptors (Lipinski definition) is 4. The molecule has 3 aromatic rings. The fraction of sp³-hybridized carbons (Fsp3) is 0.250. The summed E-state index contributed by atoms with van der Waals surface area (Å²) < 4.78 is 5.28. The Morgan fingerprint density at radius 2 is 1.31 bits per heavy atom. The van der Waals surface area contributed by atoms with E-state index in [-0.39, 0.29) is 19.4 Å². The molecule has 0 heterocycles. The molecule has 182 valence electrons. The summed E-state index contributed by atoms with van der Waals surface area (Å²) in [5.41, 5.74) is 4.40. The molecular weight excluding hydrogens is 444 g/mol. The monoisotopic (exact) mass is 474 g/mol. The molecule has 3 aromatic carbocycles. The highest BCUT2D eigenvalue weighted by molar-refractivity contribution is 5.89. The van der Waals surface area contributed by atoms with Crippen LogP contribution in [0.25, 0.3) is 0 Å². The van der Waals surface area contributed by atoms with Crippen LogP contribution in [0.15, 0.2) is 78.9 Å². The summed E-state index contributed by atoms with van der Waals surface area (Å²) in [6.07, 6.45) is -0.439. The Labute approximate surface area is 205 Å². The number of alkyl carbamates (subject to hydrolysis) is 1. The zero-order valence-electron chi connectivity index (χ0n) is 19.9. The Morgan fingerprint density at radius 3 is 1.89 bits per heavy atom. The zero-order valence-corrected chi connectivity index (χ0v) is 19.9. The van der Waals surface area contributed by atoms with Crippen LogP contribution in [-0.4, -0.2) is 35.2 Å². The highest BCUT2D eigenvalue weighted by atomic mass is 16.5. The van der Waals surface area contributed by atoms with E-state index in [1.54, 1.807) is 0 Å². The van der Waals surface area contributed by atoms with Gasteiger partial charge in [0.2, 0.25) is 5.91 Å². The van der Waals surface area contributed by atoms with Crippen molar-refractivity contribution in [3.8, 4) is 0 Å². The highest BCUT2D eigenvalue weighted by Crippen LogP contribution is 2.16. The maximum atomic E-state index is 13.2. The van der Waals surface area contributed by atoms with Gasteiger partial charge in [0.15, 0.2) is 0 Å². The Balaban J connectivity index is 1.72. The van der Waals surface area contributed by atoms with E-state index in [4.69, 9.17) is 4.74 Å². The van der Waals surface area contributed by atoms with Gasteiger partial charge in [-0.25, -0.2) is 9.59 Å². The molecule has 0 aliphatic carbocycles. The van der Waals surface area contributed by atoms with Crippen LogP contribution in [-0.2, 0) is 33.8 Å². The van der Waals surface area contributed by atoms with Crippen molar-refractivity contribution in [3.63, 3.8) is 0 Å². The average Bonchev–Trinajstić information content (AvgIpc) is 2.85. The minimum absolute atomic E-state index is 0.0522. The molecule has 3 N–H and O–H groups in total. The number of amides is 2. The van der Waals surface area contributed by atoms with Gasteiger partial charge in [0.25, 0.3) is 0 Å². The maximum Gasteiger partial charge on any atom is 0.408 e. The van der Waals surface area contributed by atoms with Crippen molar-refractivity contribution in [1.82, 2.24) is 10.6 Å². The molecular formula is C28H30N2O5. The molecule has 0 unspecified atom stereocenters. The molecule has 2 amide bonds. The lowest BCUT2D eigenvalue weighted by molar-refractivity contribution is -0.142. The number of hydrogen-bond donors (Lipinski definition) is 3. The standard InChI is InChI=1S/C28H30N2O5/c1-19-10-9-11-20(2)23(19)17-25(27(32)33)29-26(31)24(16-21-12-5-3-6-13-21)30-28(34)35-18-22-14-7-4-8-15-22/h3-15,24-25H,16-18H2,1-2H3,(H,29,31)(H,30,34)(H,32,33)/t24-,25-/m1/s1. The molecule has 0 aliphatic rings. The van der Waals surface area contributed by atoms with Crippen molar-refractivity contribution in [2.45, 2.75) is 45.4 Å². The number of nitrogens with one attached hydrogen (secondary N) is 2. The van der Waals surface area contributed by atoms with Crippen molar-refractivity contribution in [2.75, 3.05) is 0 Å². The van der Waals surface area contributed by atoms with Gasteiger partial charge < -0.3 is 20.5 Å². The molecule has 3 rings (SSSR count). The first-order valence-corrected chi connectivity index (χ1v) is 11.4. The molecule has 0 radical (unpaired) electrons. The number of ether oxygens (including phenoxy) is 1. The third kappa shape index (κ3) is 7.71. The molecule has 7 heteroatoms. The number of carboxylic acids is 1. The maximum absolute atomic E-state index is 13.2. The van der Waals surface area contributed by atoms with Crippen molar-refractivity contribution in [2.24, 2.45) is 0 Å². The molecule has 35 heavy (non-hydrogen) atoms. The number of benzene rings is 3. The number of rotatable bonds is 10. The molecule has 0 saturated carbocycles. The normalized spacial score (nSPS) is 12.3. The first-order valence-electron chi connectivity index (χ1n) is 11.4. The minimum Gasteiger partial charge on any atom is -0.480 e. The lowest BCUT2D eigenvalue weighted by atomic mass is 9.96. The second-order valence-electron chi connectivity index (χ2n) is 8.42. The summed E-state index contributed by atoms with van der Waals surface area (Å²) in [5, 5.41) is 15.0. The number of aryl methyl sites for hydroxylation is 2. The number of carboxylic acid groups (broad SMARTS) is 1. The third-order valence-corrected chi connectivity index (χ3v) is 5.77. The number of carbonyl (C=O) groups is 3. The molecule has 0 fully saturated rings. The average molecular weight is 475 g/mol. The van der Waals surface area contributed by atoms with Crippen LogP contribution in [0.4, 0.5) is 4.79 Å². The fourth-order valence-electron chi connectivity index (χ4n) is 3.81. The van der Waals surface area contributed by atoms with Gasteiger partial charge >= 0.3 is 12.1 Å². The van der Waals surface area contributed by atoms with E-state index in [0.29, 0.717) is 0 Å². The van der Waals surface area contributed by atoms with E-state index < -0.39 is 30.1 Å². The highest BCUT2D eigenvalue weighted by Gasteiger charge is 2.28. The van der Waals surface area contributed by atoms with Crippen LogP contribution in [0, 0.1) is 13.8 Å². The fourth-order valence-corrected chi connectivity index (χ4v) is 3.81. The van der Waals surface area contributed by atoms with Crippen LogP contribution in [0.2, 0.25) is 0 Å².